The van der Waals surface area contributed by atoms with E-state index in [4.69, 9.17) is 4.74 Å². The number of aldehydes is 1. The monoisotopic (exact) mass is 204 g/mol. The van der Waals surface area contributed by atoms with Gasteiger partial charge in [-0.1, -0.05) is 30.3 Å². The summed E-state index contributed by atoms with van der Waals surface area (Å²) in [5, 5.41) is 0. The minimum absolute atomic E-state index is 0.000760. The van der Waals surface area contributed by atoms with Gasteiger partial charge in [0.15, 0.2) is 5.78 Å². The largest absolute Gasteiger partial charge is 0.369 e. The van der Waals surface area contributed by atoms with Gasteiger partial charge in [-0.05, 0) is 17.7 Å². The van der Waals surface area contributed by atoms with Gasteiger partial charge in [-0.15, -0.1) is 0 Å². The van der Waals surface area contributed by atoms with E-state index in [-0.39, 0.29) is 12.4 Å². The number of allylic oxidation sites excluding steroid dienone is 1. The van der Waals surface area contributed by atoms with Gasteiger partial charge in [0.2, 0.25) is 0 Å². The lowest BCUT2D eigenvalue weighted by Crippen LogP contribution is -2.05. The predicted octanol–water partition coefficient (Wildman–Crippen LogP) is 1.53. The van der Waals surface area contributed by atoms with Gasteiger partial charge in [0.25, 0.3) is 0 Å². The number of carbonyl (C=O) groups is 2. The van der Waals surface area contributed by atoms with Crippen molar-refractivity contribution in [2.24, 2.45) is 0 Å². The molecule has 15 heavy (non-hydrogen) atoms. The quantitative estimate of drug-likeness (QED) is 0.521. The predicted molar refractivity (Wildman–Crippen MR) is 56.3 cm³/mol. The Balaban J connectivity index is 2.25. The first-order chi connectivity index (χ1) is 7.33. The van der Waals surface area contributed by atoms with Crippen LogP contribution in [0.15, 0.2) is 42.5 Å². The molecule has 0 saturated carbocycles. The van der Waals surface area contributed by atoms with Crippen molar-refractivity contribution in [1.82, 2.24) is 0 Å². The first-order valence-electron chi connectivity index (χ1n) is 4.59. The van der Waals surface area contributed by atoms with E-state index in [1.165, 1.54) is 6.08 Å². The van der Waals surface area contributed by atoms with Crippen molar-refractivity contribution in [2.75, 3.05) is 6.61 Å². The molecule has 0 aliphatic carbocycles. The zero-order chi connectivity index (χ0) is 10.9. The second-order valence-corrected chi connectivity index (χ2v) is 2.94. The van der Waals surface area contributed by atoms with Gasteiger partial charge in [0.1, 0.15) is 12.9 Å². The molecule has 0 fully saturated rings. The van der Waals surface area contributed by atoms with Gasteiger partial charge in [-0.2, -0.15) is 0 Å². The molecule has 0 bridgehead atoms. The van der Waals surface area contributed by atoms with Gasteiger partial charge in [0.05, 0.1) is 6.61 Å². The zero-order valence-corrected chi connectivity index (χ0v) is 8.26. The van der Waals surface area contributed by atoms with Crippen molar-refractivity contribution >= 4 is 12.1 Å². The van der Waals surface area contributed by atoms with Crippen molar-refractivity contribution in [3.8, 4) is 0 Å². The van der Waals surface area contributed by atoms with E-state index in [2.05, 4.69) is 0 Å². The van der Waals surface area contributed by atoms with Crippen LogP contribution in [0.25, 0.3) is 0 Å². The summed E-state index contributed by atoms with van der Waals surface area (Å²) in [6.45, 7) is 0.404. The third kappa shape index (κ3) is 4.88. The molecule has 0 spiro atoms. The number of ketones is 1. The Morgan fingerprint density at radius 3 is 2.67 bits per heavy atom. The molecule has 0 aliphatic rings. The molecule has 0 N–H and O–H groups in total. The Bertz CT molecular complexity index is 341. The van der Waals surface area contributed by atoms with Crippen molar-refractivity contribution in [1.29, 1.82) is 0 Å². The number of rotatable bonds is 6. The van der Waals surface area contributed by atoms with Crippen molar-refractivity contribution < 1.29 is 14.3 Å². The van der Waals surface area contributed by atoms with Crippen LogP contribution in [0.5, 0.6) is 0 Å². The first-order valence-corrected chi connectivity index (χ1v) is 4.59. The highest BCUT2D eigenvalue weighted by Crippen LogP contribution is 2.00. The van der Waals surface area contributed by atoms with E-state index in [1.807, 2.05) is 30.3 Å². The summed E-state index contributed by atoms with van der Waals surface area (Å²) in [6.07, 6.45) is 2.93. The Kier molecular flexibility index (Phi) is 5.04. The molecular weight excluding hydrogens is 192 g/mol. The lowest BCUT2D eigenvalue weighted by Gasteiger charge is -2.01. The molecular formula is C12H12O3. The van der Waals surface area contributed by atoms with Crippen LogP contribution in [-0.2, 0) is 20.9 Å². The molecule has 1 aromatic rings. The van der Waals surface area contributed by atoms with E-state index in [0.717, 1.165) is 11.6 Å². The molecule has 1 rings (SSSR count). The Hall–Kier alpha value is -1.74. The highest BCUT2D eigenvalue weighted by atomic mass is 16.5. The number of hydrogen-bond acceptors (Lipinski definition) is 3. The Morgan fingerprint density at radius 1 is 1.27 bits per heavy atom. The van der Waals surface area contributed by atoms with Crippen molar-refractivity contribution in [3.63, 3.8) is 0 Å². The normalized spacial score (nSPS) is 10.4. The number of benzene rings is 1. The van der Waals surface area contributed by atoms with E-state index < -0.39 is 0 Å². The molecule has 3 nitrogen and oxygen atoms in total. The van der Waals surface area contributed by atoms with Crippen LogP contribution in [0.3, 0.4) is 0 Å². The molecule has 78 valence electrons. The Morgan fingerprint density at radius 2 is 2.00 bits per heavy atom. The fourth-order valence-electron chi connectivity index (χ4n) is 1.04. The zero-order valence-electron chi connectivity index (χ0n) is 8.26. The highest BCUT2D eigenvalue weighted by molar-refractivity contribution is 5.93. The minimum atomic E-state index is -0.210. The van der Waals surface area contributed by atoms with Crippen molar-refractivity contribution in [3.05, 3.63) is 48.0 Å². The SMILES string of the molecule is O=C/C=C/C(=O)COCc1ccccc1. The Labute approximate surface area is 88.4 Å². The second-order valence-electron chi connectivity index (χ2n) is 2.94. The lowest BCUT2D eigenvalue weighted by atomic mass is 10.2. The second kappa shape index (κ2) is 6.68. The van der Waals surface area contributed by atoms with Crippen LogP contribution in [0.4, 0.5) is 0 Å². The summed E-state index contributed by atoms with van der Waals surface area (Å²) in [5.41, 5.74) is 1.02. The molecule has 0 unspecified atom stereocenters. The van der Waals surface area contributed by atoms with E-state index in [1.54, 1.807) is 0 Å². The summed E-state index contributed by atoms with van der Waals surface area (Å²) in [7, 11) is 0. The highest BCUT2D eigenvalue weighted by Gasteiger charge is 1.96. The number of ether oxygens (including phenoxy) is 1. The smallest absolute Gasteiger partial charge is 0.181 e. The van der Waals surface area contributed by atoms with Crippen molar-refractivity contribution in [2.45, 2.75) is 6.61 Å². The maximum absolute atomic E-state index is 11.0. The number of carbonyl (C=O) groups excluding carboxylic acids is 2. The van der Waals surface area contributed by atoms with Gasteiger partial charge in [0, 0.05) is 0 Å². The molecule has 3 heteroatoms. The first kappa shape index (κ1) is 11.3. The van der Waals surface area contributed by atoms with Crippen LogP contribution in [0.2, 0.25) is 0 Å². The van der Waals surface area contributed by atoms with Crippen LogP contribution in [-0.4, -0.2) is 18.7 Å². The third-order valence-corrected chi connectivity index (χ3v) is 1.72. The third-order valence-electron chi connectivity index (χ3n) is 1.72. The fourth-order valence-corrected chi connectivity index (χ4v) is 1.04. The molecule has 0 radical (unpaired) electrons. The summed E-state index contributed by atoms with van der Waals surface area (Å²) in [4.78, 5) is 20.9. The summed E-state index contributed by atoms with van der Waals surface area (Å²) in [5.74, 6) is -0.210. The standard InChI is InChI=1S/C12H12O3/c13-8-4-7-12(14)10-15-9-11-5-2-1-3-6-11/h1-8H,9-10H2/b7-4+. The maximum atomic E-state index is 11.0. The maximum Gasteiger partial charge on any atom is 0.181 e. The molecule has 1 aromatic carbocycles. The van der Waals surface area contributed by atoms with Crippen LogP contribution < -0.4 is 0 Å². The van der Waals surface area contributed by atoms with Gasteiger partial charge in [-0.25, -0.2) is 0 Å². The summed E-state index contributed by atoms with van der Waals surface area (Å²) >= 11 is 0. The number of hydrogen-bond donors (Lipinski definition) is 0. The van der Waals surface area contributed by atoms with Crippen LogP contribution >= 0.6 is 0 Å². The average Bonchev–Trinajstić information content (AvgIpc) is 2.28. The van der Waals surface area contributed by atoms with E-state index in [9.17, 15) is 9.59 Å². The van der Waals surface area contributed by atoms with E-state index >= 15 is 0 Å². The van der Waals surface area contributed by atoms with Gasteiger partial charge >= 0.3 is 0 Å². The molecule has 0 saturated heterocycles. The lowest BCUT2D eigenvalue weighted by molar-refractivity contribution is -0.119. The summed E-state index contributed by atoms with van der Waals surface area (Å²) < 4.78 is 5.16. The molecule has 0 amide bonds. The minimum Gasteiger partial charge on any atom is -0.369 e. The topological polar surface area (TPSA) is 43.4 Å². The van der Waals surface area contributed by atoms with Crippen LogP contribution in [0, 0.1) is 0 Å². The molecule has 0 aromatic heterocycles. The molecule has 0 atom stereocenters. The van der Waals surface area contributed by atoms with Gasteiger partial charge in [-0.3, -0.25) is 9.59 Å². The average molecular weight is 204 g/mol. The molecule has 0 aliphatic heterocycles. The van der Waals surface area contributed by atoms with Crippen LogP contribution in [0.1, 0.15) is 5.56 Å². The molecule has 0 heterocycles. The van der Waals surface area contributed by atoms with E-state index in [0.29, 0.717) is 12.9 Å². The summed E-state index contributed by atoms with van der Waals surface area (Å²) in [6, 6.07) is 9.58. The fraction of sp³-hybridized carbons (Fsp3) is 0.167. The van der Waals surface area contributed by atoms with Gasteiger partial charge < -0.3 is 4.74 Å².